The SMILES string of the molecule is N#Cc1cc2sc3[nH]c4ccccc4[n+]3c2cc1C#N. The van der Waals surface area contributed by atoms with Crippen molar-refractivity contribution in [2.45, 2.75) is 0 Å². The van der Waals surface area contributed by atoms with E-state index in [1.807, 2.05) is 24.3 Å². The Morgan fingerprint density at radius 1 is 1.00 bits per heavy atom. The van der Waals surface area contributed by atoms with Crippen LogP contribution in [0.25, 0.3) is 26.2 Å². The Morgan fingerprint density at radius 2 is 1.75 bits per heavy atom. The van der Waals surface area contributed by atoms with Crippen LogP contribution in [0.1, 0.15) is 11.1 Å². The molecule has 0 spiro atoms. The van der Waals surface area contributed by atoms with Crippen LogP contribution in [-0.2, 0) is 0 Å². The largest absolute Gasteiger partial charge is 0.345 e. The number of thiazole rings is 1. The maximum Gasteiger partial charge on any atom is 0.345 e. The fourth-order valence-corrected chi connectivity index (χ4v) is 3.57. The van der Waals surface area contributed by atoms with Crippen LogP contribution in [0.15, 0.2) is 36.4 Å². The van der Waals surface area contributed by atoms with Gasteiger partial charge in [-0.25, -0.2) is 4.98 Å². The van der Waals surface area contributed by atoms with E-state index in [0.717, 1.165) is 26.2 Å². The van der Waals surface area contributed by atoms with Crippen LogP contribution >= 0.6 is 11.3 Å². The quantitative estimate of drug-likeness (QED) is 0.501. The summed E-state index contributed by atoms with van der Waals surface area (Å²) in [5.74, 6) is 0. The molecule has 92 valence electrons. The van der Waals surface area contributed by atoms with Crippen LogP contribution < -0.4 is 4.40 Å². The Balaban J connectivity index is 2.25. The Hall–Kier alpha value is -2.89. The van der Waals surface area contributed by atoms with E-state index in [1.165, 1.54) is 0 Å². The van der Waals surface area contributed by atoms with Crippen molar-refractivity contribution in [3.63, 3.8) is 0 Å². The maximum atomic E-state index is 9.17. The number of imidazole rings is 1. The number of nitriles is 2. The van der Waals surface area contributed by atoms with Gasteiger partial charge < -0.3 is 0 Å². The van der Waals surface area contributed by atoms with E-state index in [0.29, 0.717) is 11.1 Å². The molecule has 2 heterocycles. The molecule has 20 heavy (non-hydrogen) atoms. The molecule has 0 atom stereocenters. The van der Waals surface area contributed by atoms with Crippen molar-refractivity contribution in [1.29, 1.82) is 10.5 Å². The summed E-state index contributed by atoms with van der Waals surface area (Å²) < 4.78 is 3.09. The number of hydrogen-bond acceptors (Lipinski definition) is 3. The fraction of sp³-hybridized carbons (Fsp3) is 0. The summed E-state index contributed by atoms with van der Waals surface area (Å²) in [4.78, 5) is 4.36. The highest BCUT2D eigenvalue weighted by Gasteiger charge is 2.19. The lowest BCUT2D eigenvalue weighted by molar-refractivity contribution is -0.445. The van der Waals surface area contributed by atoms with Crippen LogP contribution in [0.2, 0.25) is 0 Å². The van der Waals surface area contributed by atoms with Crippen LogP contribution in [0.3, 0.4) is 0 Å². The van der Waals surface area contributed by atoms with Crippen molar-refractivity contribution < 1.29 is 4.40 Å². The number of nitrogens with one attached hydrogen (secondary N) is 1. The van der Waals surface area contributed by atoms with Crippen molar-refractivity contribution in [2.24, 2.45) is 0 Å². The third-order valence-electron chi connectivity index (χ3n) is 3.38. The van der Waals surface area contributed by atoms with E-state index in [2.05, 4.69) is 21.5 Å². The second-order valence-corrected chi connectivity index (χ2v) is 5.50. The van der Waals surface area contributed by atoms with Gasteiger partial charge in [-0.1, -0.05) is 12.1 Å². The smallest absolute Gasteiger partial charge is 0.227 e. The van der Waals surface area contributed by atoms with Crippen molar-refractivity contribution in [1.82, 2.24) is 4.98 Å². The summed E-state index contributed by atoms with van der Waals surface area (Å²) in [5.41, 5.74) is 3.93. The van der Waals surface area contributed by atoms with E-state index in [-0.39, 0.29) is 0 Å². The molecule has 0 unspecified atom stereocenters. The molecule has 4 aromatic rings. The van der Waals surface area contributed by atoms with Gasteiger partial charge in [-0.05, 0) is 29.5 Å². The van der Waals surface area contributed by atoms with Gasteiger partial charge in [0.1, 0.15) is 12.1 Å². The van der Waals surface area contributed by atoms with Crippen molar-refractivity contribution >= 4 is 37.5 Å². The molecule has 0 saturated carbocycles. The molecule has 0 bridgehead atoms. The van der Waals surface area contributed by atoms with Gasteiger partial charge in [-0.3, -0.25) is 0 Å². The Bertz CT molecular complexity index is 1070. The highest BCUT2D eigenvalue weighted by molar-refractivity contribution is 7.23. The summed E-state index contributed by atoms with van der Waals surface area (Å²) in [6, 6.07) is 15.8. The number of aromatic amines is 1. The van der Waals surface area contributed by atoms with E-state index < -0.39 is 0 Å². The van der Waals surface area contributed by atoms with E-state index in [9.17, 15) is 0 Å². The number of hydrogen-bond donors (Lipinski definition) is 1. The summed E-state index contributed by atoms with van der Waals surface area (Å²) in [7, 11) is 0. The molecule has 0 saturated heterocycles. The number of H-pyrrole nitrogens is 1. The zero-order valence-corrected chi connectivity index (χ0v) is 11.0. The highest BCUT2D eigenvalue weighted by atomic mass is 32.1. The molecule has 0 fully saturated rings. The molecule has 2 aromatic carbocycles. The third kappa shape index (κ3) is 1.30. The number of para-hydroxylation sites is 2. The molecule has 0 aliphatic rings. The first-order valence-electron chi connectivity index (χ1n) is 6.01. The van der Waals surface area contributed by atoms with Gasteiger partial charge in [0.2, 0.25) is 0 Å². The second-order valence-electron chi connectivity index (χ2n) is 4.47. The van der Waals surface area contributed by atoms with Gasteiger partial charge in [0.25, 0.3) is 0 Å². The minimum atomic E-state index is 0.414. The third-order valence-corrected chi connectivity index (χ3v) is 4.40. The molecule has 4 rings (SSSR count). The van der Waals surface area contributed by atoms with Gasteiger partial charge in [0.15, 0.2) is 16.6 Å². The van der Waals surface area contributed by atoms with Crippen LogP contribution in [-0.4, -0.2) is 4.98 Å². The average Bonchev–Trinajstić information content (AvgIpc) is 3.00. The average molecular weight is 275 g/mol. The van der Waals surface area contributed by atoms with Gasteiger partial charge in [-0.15, -0.1) is 0 Å². The van der Waals surface area contributed by atoms with E-state index in [1.54, 1.807) is 23.5 Å². The summed E-state index contributed by atoms with van der Waals surface area (Å²) in [5, 5.41) is 18.3. The van der Waals surface area contributed by atoms with Gasteiger partial charge in [0.05, 0.1) is 15.8 Å². The molecule has 2 aromatic heterocycles. The molecule has 0 radical (unpaired) electrons. The zero-order valence-electron chi connectivity index (χ0n) is 10.2. The van der Waals surface area contributed by atoms with E-state index >= 15 is 0 Å². The standard InChI is InChI=1S/C15H6N4S/c16-7-9-5-13-14(6-10(9)8-17)20-15-18-11-3-1-2-4-12(11)19(13)15/h1-6H/p+1. The molecule has 0 amide bonds. The normalized spacial score (nSPS) is 10.9. The number of nitrogens with zero attached hydrogens (tertiary/aromatic N) is 3. The Kier molecular flexibility index (Phi) is 2.09. The number of benzene rings is 2. The molecule has 0 aliphatic heterocycles. The molecular weight excluding hydrogens is 268 g/mol. The second kappa shape index (κ2) is 3.80. The van der Waals surface area contributed by atoms with Gasteiger partial charge in [0, 0.05) is 6.07 Å². The minimum Gasteiger partial charge on any atom is -0.227 e. The fourth-order valence-electron chi connectivity index (χ4n) is 2.48. The van der Waals surface area contributed by atoms with Crippen molar-refractivity contribution in [2.75, 3.05) is 0 Å². The first-order valence-corrected chi connectivity index (χ1v) is 6.82. The summed E-state index contributed by atoms with van der Waals surface area (Å²) >= 11 is 1.58. The van der Waals surface area contributed by atoms with Crippen molar-refractivity contribution in [3.05, 3.63) is 47.5 Å². The van der Waals surface area contributed by atoms with Crippen LogP contribution in [0, 0.1) is 22.7 Å². The van der Waals surface area contributed by atoms with Gasteiger partial charge >= 0.3 is 4.96 Å². The maximum absolute atomic E-state index is 9.17. The number of fused-ring (bicyclic) bond motifs is 5. The topological polar surface area (TPSA) is 67.5 Å². The number of rotatable bonds is 0. The summed E-state index contributed by atoms with van der Waals surface area (Å²) in [6.45, 7) is 0. The van der Waals surface area contributed by atoms with E-state index in [4.69, 9.17) is 10.5 Å². The number of aromatic nitrogens is 2. The highest BCUT2D eigenvalue weighted by Crippen LogP contribution is 2.26. The van der Waals surface area contributed by atoms with Crippen molar-refractivity contribution in [3.8, 4) is 12.1 Å². The molecule has 4 nitrogen and oxygen atoms in total. The first-order chi connectivity index (χ1) is 9.81. The predicted octanol–water partition coefficient (Wildman–Crippen LogP) is 2.86. The van der Waals surface area contributed by atoms with Crippen LogP contribution in [0.5, 0.6) is 0 Å². The van der Waals surface area contributed by atoms with Gasteiger partial charge in [-0.2, -0.15) is 14.9 Å². The lowest BCUT2D eigenvalue weighted by Gasteiger charge is -1.93. The minimum absolute atomic E-state index is 0.414. The Labute approximate surface area is 117 Å². The lowest BCUT2D eigenvalue weighted by Crippen LogP contribution is -2.16. The first kappa shape index (κ1) is 11.0. The van der Waals surface area contributed by atoms with Crippen LogP contribution in [0.4, 0.5) is 0 Å². The lowest BCUT2D eigenvalue weighted by atomic mass is 10.1. The molecule has 1 N–H and O–H groups in total. The molecule has 5 heteroatoms. The molecular formula is C15H7N4S+. The zero-order chi connectivity index (χ0) is 13.7. The summed E-state index contributed by atoms with van der Waals surface area (Å²) in [6.07, 6.45) is 0. The molecule has 0 aliphatic carbocycles. The Morgan fingerprint density at radius 3 is 2.55 bits per heavy atom. The predicted molar refractivity (Wildman–Crippen MR) is 76.3 cm³/mol. The monoisotopic (exact) mass is 275 g/mol.